The number of benzene rings is 2. The molecule has 0 aliphatic rings. The van der Waals surface area contributed by atoms with Gasteiger partial charge in [0.1, 0.15) is 6.33 Å². The molecule has 20 heavy (non-hydrogen) atoms. The molecule has 0 amide bonds. The molecule has 0 saturated carbocycles. The predicted molar refractivity (Wildman–Crippen MR) is 80.5 cm³/mol. The van der Waals surface area contributed by atoms with Gasteiger partial charge in [0.25, 0.3) is 0 Å². The van der Waals surface area contributed by atoms with Crippen LogP contribution in [0, 0.1) is 0 Å². The second-order valence-corrected chi connectivity index (χ2v) is 4.62. The van der Waals surface area contributed by atoms with Gasteiger partial charge in [-0.3, -0.25) is 4.79 Å². The van der Waals surface area contributed by atoms with Gasteiger partial charge in [-0.25, -0.2) is 4.98 Å². The summed E-state index contributed by atoms with van der Waals surface area (Å²) >= 11 is 0. The van der Waals surface area contributed by atoms with Crippen molar-refractivity contribution in [3.8, 4) is 0 Å². The van der Waals surface area contributed by atoms with Crippen LogP contribution in [-0.2, 0) is 0 Å². The number of carbonyl (C=O) groups is 1. The third-order valence-corrected chi connectivity index (χ3v) is 3.23. The van der Waals surface area contributed by atoms with Gasteiger partial charge in [0, 0.05) is 17.3 Å². The summed E-state index contributed by atoms with van der Waals surface area (Å²) in [7, 11) is 0. The first-order valence-electron chi connectivity index (χ1n) is 6.46. The molecule has 1 heterocycles. The summed E-state index contributed by atoms with van der Waals surface area (Å²) in [4.78, 5) is 16.5. The van der Waals surface area contributed by atoms with E-state index in [4.69, 9.17) is 0 Å². The number of nitrogens with zero attached hydrogens (tertiary/aromatic N) is 2. The topological polar surface area (TPSA) is 34.9 Å². The maximum atomic E-state index is 12.2. The van der Waals surface area contributed by atoms with Crippen LogP contribution in [0.2, 0.25) is 0 Å². The van der Waals surface area contributed by atoms with E-state index in [9.17, 15) is 4.79 Å². The van der Waals surface area contributed by atoms with Crippen molar-refractivity contribution in [1.82, 2.24) is 9.55 Å². The van der Waals surface area contributed by atoms with Crippen molar-refractivity contribution in [2.75, 3.05) is 0 Å². The van der Waals surface area contributed by atoms with Gasteiger partial charge in [0.05, 0.1) is 11.0 Å². The van der Waals surface area contributed by atoms with Crippen molar-refractivity contribution in [1.29, 1.82) is 0 Å². The van der Waals surface area contributed by atoms with E-state index in [2.05, 4.69) is 4.98 Å². The van der Waals surface area contributed by atoms with Gasteiger partial charge in [-0.2, -0.15) is 0 Å². The van der Waals surface area contributed by atoms with Crippen LogP contribution >= 0.6 is 0 Å². The van der Waals surface area contributed by atoms with E-state index in [1.54, 1.807) is 12.4 Å². The molecule has 3 aromatic rings. The fourth-order valence-electron chi connectivity index (χ4n) is 2.19. The first-order valence-corrected chi connectivity index (χ1v) is 6.46. The molecular weight excluding hydrogens is 248 g/mol. The van der Waals surface area contributed by atoms with Crippen molar-refractivity contribution >= 4 is 22.5 Å². The van der Waals surface area contributed by atoms with Crippen LogP contribution in [-0.4, -0.2) is 15.3 Å². The van der Waals surface area contributed by atoms with Crippen LogP contribution in [0.1, 0.15) is 17.3 Å². The number of hydrogen-bond acceptors (Lipinski definition) is 2. The number of aromatic nitrogens is 2. The number of fused-ring (bicyclic) bond motifs is 1. The highest BCUT2D eigenvalue weighted by atomic mass is 16.1. The Balaban J connectivity index is 1.98. The number of para-hydroxylation sites is 2. The summed E-state index contributed by atoms with van der Waals surface area (Å²) in [5, 5.41) is 0. The molecule has 0 spiro atoms. The number of rotatable bonds is 3. The van der Waals surface area contributed by atoms with E-state index in [0.29, 0.717) is 5.56 Å². The van der Waals surface area contributed by atoms with E-state index >= 15 is 0 Å². The molecule has 1 aromatic heterocycles. The number of allylic oxidation sites excluding steroid dienone is 2. The van der Waals surface area contributed by atoms with Crippen LogP contribution < -0.4 is 0 Å². The lowest BCUT2D eigenvalue weighted by atomic mass is 10.1. The van der Waals surface area contributed by atoms with Gasteiger partial charge < -0.3 is 4.57 Å². The zero-order valence-corrected chi connectivity index (χ0v) is 11.2. The zero-order chi connectivity index (χ0) is 13.9. The minimum Gasteiger partial charge on any atom is -0.303 e. The Bertz CT molecular complexity index is 785. The molecule has 3 heteroatoms. The lowest BCUT2D eigenvalue weighted by Gasteiger charge is -2.04. The molecule has 3 rings (SSSR count). The molecule has 0 aliphatic heterocycles. The maximum absolute atomic E-state index is 12.2. The van der Waals surface area contributed by atoms with E-state index in [1.807, 2.05) is 66.1 Å². The monoisotopic (exact) mass is 262 g/mol. The third-order valence-electron chi connectivity index (χ3n) is 3.23. The van der Waals surface area contributed by atoms with E-state index in [-0.39, 0.29) is 5.78 Å². The van der Waals surface area contributed by atoms with Crippen LogP contribution in [0.3, 0.4) is 0 Å². The Labute approximate surface area is 117 Å². The normalized spacial score (nSPS) is 11.8. The zero-order valence-electron chi connectivity index (χ0n) is 11.2. The minimum atomic E-state index is 0.000816. The Morgan fingerprint density at radius 1 is 1.05 bits per heavy atom. The first-order chi connectivity index (χ1) is 9.75. The Kier molecular flexibility index (Phi) is 3.17. The quantitative estimate of drug-likeness (QED) is 0.532. The van der Waals surface area contributed by atoms with Gasteiger partial charge in [0.2, 0.25) is 0 Å². The van der Waals surface area contributed by atoms with Crippen molar-refractivity contribution in [3.05, 3.63) is 72.6 Å². The summed E-state index contributed by atoms with van der Waals surface area (Å²) in [6, 6.07) is 17.1. The van der Waals surface area contributed by atoms with Crippen molar-refractivity contribution < 1.29 is 4.79 Å². The molecule has 0 atom stereocenters. The van der Waals surface area contributed by atoms with Crippen LogP contribution in [0.5, 0.6) is 0 Å². The summed E-state index contributed by atoms with van der Waals surface area (Å²) in [6.07, 6.45) is 3.39. The first kappa shape index (κ1) is 12.4. The molecule has 0 N–H and O–H groups in total. The fourth-order valence-corrected chi connectivity index (χ4v) is 2.19. The summed E-state index contributed by atoms with van der Waals surface area (Å²) in [5.74, 6) is 0.000816. The van der Waals surface area contributed by atoms with Gasteiger partial charge in [0.15, 0.2) is 5.78 Å². The number of ketones is 1. The van der Waals surface area contributed by atoms with Crippen LogP contribution in [0.25, 0.3) is 16.7 Å². The van der Waals surface area contributed by atoms with Crippen LogP contribution in [0.15, 0.2) is 67.0 Å². The van der Waals surface area contributed by atoms with Crippen molar-refractivity contribution in [2.24, 2.45) is 0 Å². The number of carbonyl (C=O) groups excluding carboxylic acids is 1. The Morgan fingerprint density at radius 2 is 1.75 bits per heavy atom. The number of hydrogen-bond donors (Lipinski definition) is 0. The van der Waals surface area contributed by atoms with Gasteiger partial charge >= 0.3 is 0 Å². The molecule has 98 valence electrons. The van der Waals surface area contributed by atoms with E-state index in [1.165, 1.54) is 0 Å². The predicted octanol–water partition coefficient (Wildman–Crippen LogP) is 3.78. The largest absolute Gasteiger partial charge is 0.303 e. The molecule has 0 unspecified atom stereocenters. The molecule has 0 saturated heterocycles. The fraction of sp³-hybridized carbons (Fsp3) is 0.0588. The average Bonchev–Trinajstić information content (AvgIpc) is 2.92. The second kappa shape index (κ2) is 5.13. The van der Waals surface area contributed by atoms with E-state index in [0.717, 1.165) is 16.7 Å². The minimum absolute atomic E-state index is 0.000816. The van der Waals surface area contributed by atoms with Crippen molar-refractivity contribution in [2.45, 2.75) is 6.92 Å². The number of imidazole rings is 1. The smallest absolute Gasteiger partial charge is 0.187 e. The van der Waals surface area contributed by atoms with E-state index < -0.39 is 0 Å². The van der Waals surface area contributed by atoms with Gasteiger partial charge in [-0.1, -0.05) is 42.5 Å². The molecule has 0 aliphatic carbocycles. The Morgan fingerprint density at radius 3 is 2.55 bits per heavy atom. The molecule has 2 aromatic carbocycles. The maximum Gasteiger partial charge on any atom is 0.187 e. The molecule has 0 fully saturated rings. The highest BCUT2D eigenvalue weighted by Crippen LogP contribution is 2.17. The molecule has 0 radical (unpaired) electrons. The second-order valence-electron chi connectivity index (χ2n) is 4.62. The van der Waals surface area contributed by atoms with Crippen molar-refractivity contribution in [3.63, 3.8) is 0 Å². The Hall–Kier alpha value is -2.68. The SMILES string of the molecule is C/C(=C\C(=O)c1ccccc1)n1cnc2ccccc21. The highest BCUT2D eigenvalue weighted by molar-refractivity contribution is 6.07. The summed E-state index contributed by atoms with van der Waals surface area (Å²) in [5.41, 5.74) is 3.47. The highest BCUT2D eigenvalue weighted by Gasteiger charge is 2.06. The summed E-state index contributed by atoms with van der Waals surface area (Å²) < 4.78 is 1.93. The lowest BCUT2D eigenvalue weighted by Crippen LogP contribution is -1.98. The van der Waals surface area contributed by atoms with Gasteiger partial charge in [-0.05, 0) is 19.1 Å². The van der Waals surface area contributed by atoms with Gasteiger partial charge in [-0.15, -0.1) is 0 Å². The average molecular weight is 262 g/mol. The lowest BCUT2D eigenvalue weighted by molar-refractivity contribution is 0.104. The summed E-state index contributed by atoms with van der Waals surface area (Å²) in [6.45, 7) is 1.91. The third kappa shape index (κ3) is 2.26. The molecule has 3 nitrogen and oxygen atoms in total. The van der Waals surface area contributed by atoms with Crippen LogP contribution in [0.4, 0.5) is 0 Å². The molecular formula is C17H14N2O. The standard InChI is InChI=1S/C17H14N2O/c1-13(11-17(20)14-7-3-2-4-8-14)19-12-18-15-9-5-6-10-16(15)19/h2-12H,1H3/b13-11+. The molecule has 0 bridgehead atoms.